The van der Waals surface area contributed by atoms with Gasteiger partial charge in [-0.05, 0) is 18.2 Å². The Morgan fingerprint density at radius 2 is 2.22 bits per heavy atom. The van der Waals surface area contributed by atoms with Crippen LogP contribution in [0, 0.1) is 5.82 Å². The first kappa shape index (κ1) is 14.1. The summed E-state index contributed by atoms with van der Waals surface area (Å²) in [7, 11) is 1.77. The van der Waals surface area contributed by atoms with Gasteiger partial charge in [-0.2, -0.15) is 5.10 Å². The maximum absolute atomic E-state index is 13.7. The van der Waals surface area contributed by atoms with E-state index in [0.717, 1.165) is 9.83 Å². The zero-order chi connectivity index (χ0) is 16.0. The number of nitrogens with one attached hydrogen (secondary N) is 1. The Labute approximate surface area is 135 Å². The van der Waals surface area contributed by atoms with Gasteiger partial charge in [-0.15, -0.1) is 0 Å². The summed E-state index contributed by atoms with van der Waals surface area (Å²) < 4.78 is 16.1. The first-order chi connectivity index (χ1) is 11.1. The third kappa shape index (κ3) is 2.55. The van der Waals surface area contributed by atoms with Crippen molar-refractivity contribution in [3.63, 3.8) is 0 Å². The maximum Gasteiger partial charge on any atom is 0.272 e. The third-order valence-electron chi connectivity index (χ3n) is 3.79. The van der Waals surface area contributed by atoms with Crippen LogP contribution in [0.4, 0.5) is 9.52 Å². The van der Waals surface area contributed by atoms with E-state index < -0.39 is 0 Å². The largest absolute Gasteiger partial charge is 0.344 e. The molecule has 0 unspecified atom stereocenters. The molecule has 118 valence electrons. The molecule has 1 aliphatic rings. The Hall–Kier alpha value is -2.48. The van der Waals surface area contributed by atoms with Gasteiger partial charge < -0.3 is 10.2 Å². The lowest BCUT2D eigenvalue weighted by molar-refractivity contribution is 0.0924. The van der Waals surface area contributed by atoms with Gasteiger partial charge in [0.25, 0.3) is 5.91 Å². The van der Waals surface area contributed by atoms with Gasteiger partial charge in [0, 0.05) is 26.3 Å². The predicted molar refractivity (Wildman–Crippen MR) is 86.3 cm³/mol. The number of hydrogen-bond donors (Lipinski definition) is 1. The van der Waals surface area contributed by atoms with Crippen LogP contribution in [0.1, 0.15) is 10.5 Å². The van der Waals surface area contributed by atoms with Crippen molar-refractivity contribution >= 4 is 32.6 Å². The molecule has 23 heavy (non-hydrogen) atoms. The number of amides is 1. The molecule has 4 rings (SSSR count). The number of aromatic nitrogens is 3. The number of carbonyl (C=O) groups is 1. The molecule has 3 heterocycles. The van der Waals surface area contributed by atoms with E-state index in [4.69, 9.17) is 0 Å². The summed E-state index contributed by atoms with van der Waals surface area (Å²) in [5, 5.41) is 7.80. The number of para-hydroxylation sites is 1. The number of thiazole rings is 1. The van der Waals surface area contributed by atoms with Gasteiger partial charge in [-0.3, -0.25) is 9.48 Å². The van der Waals surface area contributed by atoms with E-state index in [9.17, 15) is 9.18 Å². The van der Waals surface area contributed by atoms with Crippen LogP contribution in [-0.4, -0.2) is 39.8 Å². The fraction of sp³-hybridized carbons (Fsp3) is 0.267. The molecule has 1 amide bonds. The summed E-state index contributed by atoms with van der Waals surface area (Å²) in [6.45, 7) is 1.33. The molecular formula is C15H14FN5OS. The second-order valence-corrected chi connectivity index (χ2v) is 6.54. The standard InChI is InChI=1S/C15H14FN5OS/c1-20-6-5-11(19-20)14(22)17-9-7-21(8-9)15-18-13-10(16)3-2-4-12(13)23-15/h2-6,9H,7-8H2,1H3,(H,17,22). The minimum atomic E-state index is -0.300. The number of rotatable bonds is 3. The van der Waals surface area contributed by atoms with Gasteiger partial charge in [-0.1, -0.05) is 17.4 Å². The minimum absolute atomic E-state index is 0.0568. The topological polar surface area (TPSA) is 63.1 Å². The molecule has 2 aromatic heterocycles. The molecule has 0 radical (unpaired) electrons. The number of nitrogens with zero attached hydrogens (tertiary/aromatic N) is 4. The van der Waals surface area contributed by atoms with E-state index in [0.29, 0.717) is 24.3 Å². The molecule has 1 aromatic carbocycles. The molecule has 1 aliphatic heterocycles. The smallest absolute Gasteiger partial charge is 0.272 e. The van der Waals surface area contributed by atoms with Gasteiger partial charge in [0.1, 0.15) is 17.0 Å². The highest BCUT2D eigenvalue weighted by Gasteiger charge is 2.31. The average Bonchev–Trinajstić information content (AvgIpc) is 3.09. The molecule has 8 heteroatoms. The van der Waals surface area contributed by atoms with Crippen molar-refractivity contribution in [2.75, 3.05) is 18.0 Å². The molecule has 1 fully saturated rings. The van der Waals surface area contributed by atoms with Crippen LogP contribution in [0.15, 0.2) is 30.5 Å². The number of benzene rings is 1. The van der Waals surface area contributed by atoms with Crippen molar-refractivity contribution < 1.29 is 9.18 Å². The van der Waals surface area contributed by atoms with Gasteiger partial charge in [0.2, 0.25) is 0 Å². The lowest BCUT2D eigenvalue weighted by atomic mass is 10.1. The van der Waals surface area contributed by atoms with E-state index in [1.54, 1.807) is 30.1 Å². The maximum atomic E-state index is 13.7. The number of carbonyl (C=O) groups excluding carboxylic acids is 1. The SMILES string of the molecule is Cn1ccc(C(=O)NC2CN(c3nc4c(F)cccc4s3)C2)n1. The molecule has 0 atom stereocenters. The molecule has 6 nitrogen and oxygen atoms in total. The monoisotopic (exact) mass is 331 g/mol. The molecular weight excluding hydrogens is 317 g/mol. The Morgan fingerprint density at radius 1 is 1.39 bits per heavy atom. The summed E-state index contributed by atoms with van der Waals surface area (Å²) in [5.74, 6) is -0.476. The lowest BCUT2D eigenvalue weighted by Crippen LogP contribution is -2.59. The molecule has 0 bridgehead atoms. The minimum Gasteiger partial charge on any atom is -0.344 e. The van der Waals surface area contributed by atoms with Crippen LogP contribution in [0.25, 0.3) is 10.2 Å². The number of fused-ring (bicyclic) bond motifs is 1. The molecule has 0 aliphatic carbocycles. The molecule has 3 aromatic rings. The highest BCUT2D eigenvalue weighted by Crippen LogP contribution is 2.32. The summed E-state index contributed by atoms with van der Waals surface area (Å²) in [6.07, 6.45) is 1.73. The average molecular weight is 331 g/mol. The summed E-state index contributed by atoms with van der Waals surface area (Å²) in [6, 6.07) is 6.70. The lowest BCUT2D eigenvalue weighted by Gasteiger charge is -2.39. The first-order valence-electron chi connectivity index (χ1n) is 7.20. The molecule has 1 saturated heterocycles. The second-order valence-electron chi connectivity index (χ2n) is 5.53. The van der Waals surface area contributed by atoms with E-state index in [-0.39, 0.29) is 17.8 Å². The van der Waals surface area contributed by atoms with Crippen LogP contribution in [0.3, 0.4) is 0 Å². The van der Waals surface area contributed by atoms with Crippen LogP contribution >= 0.6 is 11.3 Å². The fourth-order valence-corrected chi connectivity index (χ4v) is 3.56. The Kier molecular flexibility index (Phi) is 3.26. The fourth-order valence-electron chi connectivity index (χ4n) is 2.56. The van der Waals surface area contributed by atoms with Crippen LogP contribution in [0.5, 0.6) is 0 Å². The van der Waals surface area contributed by atoms with E-state index in [1.807, 2.05) is 11.0 Å². The molecule has 0 saturated carbocycles. The zero-order valence-electron chi connectivity index (χ0n) is 12.4. The van der Waals surface area contributed by atoms with Gasteiger partial charge >= 0.3 is 0 Å². The Balaban J connectivity index is 1.40. The Bertz CT molecular complexity index is 883. The quantitative estimate of drug-likeness (QED) is 0.795. The van der Waals surface area contributed by atoms with Gasteiger partial charge in [0.05, 0.1) is 10.7 Å². The van der Waals surface area contributed by atoms with E-state index in [1.165, 1.54) is 17.4 Å². The van der Waals surface area contributed by atoms with Crippen molar-refractivity contribution in [3.8, 4) is 0 Å². The van der Waals surface area contributed by atoms with Gasteiger partial charge in [-0.25, -0.2) is 9.37 Å². The van der Waals surface area contributed by atoms with Crippen molar-refractivity contribution in [2.24, 2.45) is 7.05 Å². The van der Waals surface area contributed by atoms with Crippen molar-refractivity contribution in [2.45, 2.75) is 6.04 Å². The zero-order valence-corrected chi connectivity index (χ0v) is 13.2. The van der Waals surface area contributed by atoms with Crippen LogP contribution in [-0.2, 0) is 7.05 Å². The highest BCUT2D eigenvalue weighted by atomic mass is 32.1. The van der Waals surface area contributed by atoms with Gasteiger partial charge in [0.15, 0.2) is 5.13 Å². The van der Waals surface area contributed by atoms with Crippen molar-refractivity contribution in [3.05, 3.63) is 42.0 Å². The normalized spacial score (nSPS) is 15.0. The second kappa shape index (κ2) is 5.31. The Morgan fingerprint density at radius 3 is 2.91 bits per heavy atom. The number of hydrogen-bond acceptors (Lipinski definition) is 5. The predicted octanol–water partition coefficient (Wildman–Crippen LogP) is 1.79. The highest BCUT2D eigenvalue weighted by molar-refractivity contribution is 7.22. The number of halogens is 1. The summed E-state index contributed by atoms with van der Waals surface area (Å²) >= 11 is 1.46. The third-order valence-corrected chi connectivity index (χ3v) is 4.87. The number of aryl methyl sites for hydroxylation is 1. The van der Waals surface area contributed by atoms with E-state index >= 15 is 0 Å². The van der Waals surface area contributed by atoms with Crippen molar-refractivity contribution in [1.82, 2.24) is 20.1 Å². The molecule has 0 spiro atoms. The van der Waals surface area contributed by atoms with E-state index in [2.05, 4.69) is 15.4 Å². The van der Waals surface area contributed by atoms with Crippen LogP contribution in [0.2, 0.25) is 0 Å². The number of anilines is 1. The van der Waals surface area contributed by atoms with Crippen molar-refractivity contribution in [1.29, 1.82) is 0 Å². The summed E-state index contributed by atoms with van der Waals surface area (Å²) in [5.41, 5.74) is 0.821. The first-order valence-corrected chi connectivity index (χ1v) is 8.02. The molecule has 1 N–H and O–H groups in total. The summed E-state index contributed by atoms with van der Waals surface area (Å²) in [4.78, 5) is 18.4. The van der Waals surface area contributed by atoms with Crippen LogP contribution < -0.4 is 10.2 Å².